The molecule has 1 heterocycles. The van der Waals surface area contributed by atoms with Gasteiger partial charge in [0.15, 0.2) is 0 Å². The highest BCUT2D eigenvalue weighted by Crippen LogP contribution is 2.43. The number of ether oxygens (including phenoxy) is 2. The van der Waals surface area contributed by atoms with Crippen molar-refractivity contribution < 1.29 is 32.1 Å². The Kier molecular flexibility index (Phi) is 5.73. The molecule has 1 aliphatic heterocycles. The molecular weight excluding hydrogens is 390 g/mol. The topological polar surface area (TPSA) is 128 Å². The van der Waals surface area contributed by atoms with Crippen molar-refractivity contribution in [2.24, 2.45) is 0 Å². The summed E-state index contributed by atoms with van der Waals surface area (Å²) in [4.78, 5) is 22.8. The molecule has 148 valence electrons. The van der Waals surface area contributed by atoms with Crippen LogP contribution in [0.5, 0.6) is 5.75 Å². The van der Waals surface area contributed by atoms with Crippen LogP contribution in [0.25, 0.3) is 0 Å². The fourth-order valence-electron chi connectivity index (χ4n) is 3.13. The number of benzene rings is 2. The first kappa shape index (κ1) is 19.9. The number of esters is 1. The van der Waals surface area contributed by atoms with Crippen LogP contribution in [-0.2, 0) is 26.7 Å². The number of hydrogen-bond acceptors (Lipinski definition) is 8. The van der Waals surface area contributed by atoms with Gasteiger partial charge in [-0.15, -0.1) is 0 Å². The maximum absolute atomic E-state index is 12.0. The number of nitro groups is 1. The summed E-state index contributed by atoms with van der Waals surface area (Å²) in [6, 6.07) is 9.39. The molecule has 10 heteroatoms. The lowest BCUT2D eigenvalue weighted by Gasteiger charge is -2.24. The number of aryl methyl sites for hydroxylation is 1. The minimum atomic E-state index is -2.85. The van der Waals surface area contributed by atoms with E-state index < -0.39 is 34.5 Å². The number of nitro benzene ring substituents is 1. The van der Waals surface area contributed by atoms with E-state index in [1.165, 1.54) is 13.2 Å². The van der Waals surface area contributed by atoms with Gasteiger partial charge in [-0.25, -0.2) is 9.00 Å². The summed E-state index contributed by atoms with van der Waals surface area (Å²) in [6.07, 6.45) is -1.89. The van der Waals surface area contributed by atoms with Crippen LogP contribution < -0.4 is 4.74 Å². The molecule has 0 radical (unpaired) electrons. The van der Waals surface area contributed by atoms with Gasteiger partial charge in [0.1, 0.15) is 12.2 Å². The molecule has 2 aromatic carbocycles. The van der Waals surface area contributed by atoms with Gasteiger partial charge in [-0.05, 0) is 18.6 Å². The van der Waals surface area contributed by atoms with Gasteiger partial charge in [0, 0.05) is 18.1 Å². The van der Waals surface area contributed by atoms with E-state index in [9.17, 15) is 23.7 Å². The van der Waals surface area contributed by atoms with Crippen molar-refractivity contribution >= 4 is 23.0 Å². The van der Waals surface area contributed by atoms with Crippen molar-refractivity contribution in [3.8, 4) is 5.75 Å². The van der Waals surface area contributed by atoms with E-state index in [2.05, 4.69) is 0 Å². The number of methoxy groups -OCH3 is 1. The molecule has 9 nitrogen and oxygen atoms in total. The normalized spacial score (nSPS) is 17.3. The molecule has 1 aliphatic rings. The highest BCUT2D eigenvalue weighted by Gasteiger charge is 2.39. The van der Waals surface area contributed by atoms with E-state index >= 15 is 0 Å². The number of fused-ring (bicyclic) bond motifs is 1. The molecular formula is C18H16NO8S-. The average molecular weight is 406 g/mol. The van der Waals surface area contributed by atoms with E-state index in [1.807, 2.05) is 6.92 Å². The van der Waals surface area contributed by atoms with Crippen LogP contribution in [0.2, 0.25) is 0 Å². The van der Waals surface area contributed by atoms with Gasteiger partial charge in [0.25, 0.3) is 0 Å². The third kappa shape index (κ3) is 3.88. The standard InChI is InChI=1S/C18H17NO8S/c1-10-3-5-11(6-4-10)16(27-28(23)24)15-9-13-12(18(20)25-2)7-8-14(19(21)22)17(13)26-15/h3-8,15-16H,9H2,1-2H3,(H,23,24)/p-1. The number of hydrogen-bond donors (Lipinski definition) is 0. The Bertz CT molecular complexity index is 943. The largest absolute Gasteiger partial charge is 0.750 e. The van der Waals surface area contributed by atoms with Crippen molar-refractivity contribution in [1.29, 1.82) is 0 Å². The van der Waals surface area contributed by atoms with Crippen LogP contribution in [-0.4, -0.2) is 32.9 Å². The zero-order chi connectivity index (χ0) is 20.4. The smallest absolute Gasteiger partial charge is 0.338 e. The maximum atomic E-state index is 12.0. The Morgan fingerprint density at radius 1 is 1.29 bits per heavy atom. The van der Waals surface area contributed by atoms with Crippen LogP contribution in [0.1, 0.15) is 33.2 Å². The van der Waals surface area contributed by atoms with Crippen LogP contribution >= 0.6 is 0 Å². The fraction of sp³-hybridized carbons (Fsp3) is 0.278. The molecule has 0 aromatic heterocycles. The molecule has 0 saturated heterocycles. The van der Waals surface area contributed by atoms with Crippen LogP contribution in [0, 0.1) is 17.0 Å². The zero-order valence-corrected chi connectivity index (χ0v) is 15.8. The Hall–Kier alpha value is -2.82. The molecule has 0 saturated carbocycles. The molecule has 2 aromatic rings. The summed E-state index contributed by atoms with van der Waals surface area (Å²) < 4.78 is 37.9. The molecule has 3 atom stereocenters. The zero-order valence-electron chi connectivity index (χ0n) is 14.9. The van der Waals surface area contributed by atoms with E-state index in [-0.39, 0.29) is 29.0 Å². The minimum Gasteiger partial charge on any atom is -0.750 e. The van der Waals surface area contributed by atoms with Crippen molar-refractivity contribution in [3.05, 3.63) is 68.8 Å². The number of nitrogens with zero attached hydrogens (tertiary/aromatic N) is 1. The molecule has 0 spiro atoms. The number of carbonyl (C=O) groups excluding carboxylic acids is 1. The minimum absolute atomic E-state index is 0.0389. The summed E-state index contributed by atoms with van der Waals surface area (Å²) in [5, 5.41) is 11.4. The lowest BCUT2D eigenvalue weighted by atomic mass is 9.97. The Labute approximate surface area is 162 Å². The molecule has 3 unspecified atom stereocenters. The highest BCUT2D eigenvalue weighted by molar-refractivity contribution is 7.74. The highest BCUT2D eigenvalue weighted by atomic mass is 32.2. The summed E-state index contributed by atoms with van der Waals surface area (Å²) in [5.41, 5.74) is 1.57. The number of rotatable bonds is 6. The quantitative estimate of drug-likeness (QED) is 0.310. The maximum Gasteiger partial charge on any atom is 0.338 e. The van der Waals surface area contributed by atoms with E-state index in [0.717, 1.165) is 11.6 Å². The van der Waals surface area contributed by atoms with E-state index in [4.69, 9.17) is 13.7 Å². The first-order valence-electron chi connectivity index (χ1n) is 8.20. The third-order valence-corrected chi connectivity index (χ3v) is 4.81. The van der Waals surface area contributed by atoms with Crippen molar-refractivity contribution in [2.75, 3.05) is 7.11 Å². The Balaban J connectivity index is 2.03. The molecule has 3 rings (SSSR count). The second-order valence-electron chi connectivity index (χ2n) is 6.18. The summed E-state index contributed by atoms with van der Waals surface area (Å²) in [6.45, 7) is 1.87. The van der Waals surface area contributed by atoms with Gasteiger partial charge in [-0.2, -0.15) is 0 Å². The summed E-state index contributed by atoms with van der Waals surface area (Å²) in [5.74, 6) is -0.758. The van der Waals surface area contributed by atoms with Crippen LogP contribution in [0.3, 0.4) is 0 Å². The van der Waals surface area contributed by atoms with Crippen molar-refractivity contribution in [3.63, 3.8) is 0 Å². The third-order valence-electron chi connectivity index (χ3n) is 4.44. The first-order chi connectivity index (χ1) is 13.3. The number of carbonyl (C=O) groups is 1. The fourth-order valence-corrected chi connectivity index (χ4v) is 3.53. The van der Waals surface area contributed by atoms with E-state index in [0.29, 0.717) is 5.56 Å². The van der Waals surface area contributed by atoms with Crippen LogP contribution in [0.15, 0.2) is 36.4 Å². The van der Waals surface area contributed by atoms with Gasteiger partial charge in [0.2, 0.25) is 5.75 Å². The van der Waals surface area contributed by atoms with Crippen LogP contribution in [0.4, 0.5) is 5.69 Å². The molecule has 0 amide bonds. The first-order valence-corrected chi connectivity index (χ1v) is 9.20. The molecule has 0 fully saturated rings. The SMILES string of the molecule is COC(=O)c1ccc([N+](=O)[O-])c2c1CC(C(OS(=O)[O-])c1ccc(C)cc1)O2. The van der Waals surface area contributed by atoms with Gasteiger partial charge >= 0.3 is 11.7 Å². The molecule has 0 bridgehead atoms. The molecule has 0 N–H and O–H groups in total. The molecule has 28 heavy (non-hydrogen) atoms. The van der Waals surface area contributed by atoms with Gasteiger partial charge in [-0.1, -0.05) is 29.8 Å². The second kappa shape index (κ2) is 8.05. The van der Waals surface area contributed by atoms with Crippen molar-refractivity contribution in [1.82, 2.24) is 0 Å². The Morgan fingerprint density at radius 2 is 1.96 bits per heavy atom. The predicted octanol–water partition coefficient (Wildman–Crippen LogP) is 2.55. The predicted molar refractivity (Wildman–Crippen MR) is 96.5 cm³/mol. The summed E-state index contributed by atoms with van der Waals surface area (Å²) >= 11 is -2.85. The van der Waals surface area contributed by atoms with E-state index in [1.54, 1.807) is 24.3 Å². The average Bonchev–Trinajstić information content (AvgIpc) is 3.10. The second-order valence-corrected chi connectivity index (χ2v) is 6.78. The van der Waals surface area contributed by atoms with Gasteiger partial charge < -0.3 is 14.0 Å². The monoisotopic (exact) mass is 406 g/mol. The summed E-state index contributed by atoms with van der Waals surface area (Å²) in [7, 11) is 1.20. The van der Waals surface area contributed by atoms with Crippen molar-refractivity contribution in [2.45, 2.75) is 25.6 Å². The molecule has 0 aliphatic carbocycles. The lowest BCUT2D eigenvalue weighted by Crippen LogP contribution is -2.26. The Morgan fingerprint density at radius 3 is 2.54 bits per heavy atom. The lowest BCUT2D eigenvalue weighted by molar-refractivity contribution is -0.385. The van der Waals surface area contributed by atoms with Gasteiger partial charge in [-0.3, -0.25) is 14.3 Å². The van der Waals surface area contributed by atoms with Gasteiger partial charge in [0.05, 0.1) is 29.0 Å².